The summed E-state index contributed by atoms with van der Waals surface area (Å²) in [4.78, 5) is 6.61. The van der Waals surface area contributed by atoms with E-state index in [1.807, 2.05) is 24.3 Å². The number of nitrogens with zero attached hydrogens (tertiary/aromatic N) is 2. The molecule has 1 aromatic carbocycles. The van der Waals surface area contributed by atoms with Gasteiger partial charge < -0.3 is 15.4 Å². The van der Waals surface area contributed by atoms with Gasteiger partial charge in [-0.15, -0.1) is 24.0 Å². The summed E-state index contributed by atoms with van der Waals surface area (Å²) < 4.78 is 5.64. The largest absolute Gasteiger partial charge is 0.492 e. The number of benzene rings is 1. The predicted molar refractivity (Wildman–Crippen MR) is 98.6 cm³/mol. The normalized spacial score (nSPS) is 16.0. The van der Waals surface area contributed by atoms with Crippen LogP contribution in [0, 0.1) is 6.92 Å². The first kappa shape index (κ1) is 18.1. The second-order valence-corrected chi connectivity index (χ2v) is 5.30. The van der Waals surface area contributed by atoms with E-state index in [0.717, 1.165) is 18.8 Å². The van der Waals surface area contributed by atoms with Gasteiger partial charge in [-0.05, 0) is 31.9 Å². The predicted octanol–water partition coefficient (Wildman–Crippen LogP) is 3.18. The van der Waals surface area contributed by atoms with Crippen LogP contribution in [-0.2, 0) is 0 Å². The maximum Gasteiger partial charge on any atom is 0.191 e. The molecular formula is C16H26IN3O. The molecule has 0 aliphatic carbocycles. The standard InChI is InChI=1S/C16H25N3O.HI/c1-14-6-8-15(9-7-14)20-13-10-18-16(17)19-11-4-2-3-5-12-19;/h6-9H,2-5,10-13H2,1H3,(H2,17,18);1H. The van der Waals surface area contributed by atoms with E-state index in [2.05, 4.69) is 16.8 Å². The summed E-state index contributed by atoms with van der Waals surface area (Å²) in [6, 6.07) is 8.06. The number of hydrogen-bond acceptors (Lipinski definition) is 2. The molecular weight excluding hydrogens is 377 g/mol. The number of rotatable bonds is 4. The molecule has 1 fully saturated rings. The van der Waals surface area contributed by atoms with Crippen LogP contribution in [0.1, 0.15) is 31.2 Å². The lowest BCUT2D eigenvalue weighted by atomic mass is 10.2. The lowest BCUT2D eigenvalue weighted by Gasteiger charge is -2.21. The highest BCUT2D eigenvalue weighted by atomic mass is 127. The Bertz CT molecular complexity index is 426. The third kappa shape index (κ3) is 6.54. The summed E-state index contributed by atoms with van der Waals surface area (Å²) in [5.41, 5.74) is 7.27. The highest BCUT2D eigenvalue weighted by Crippen LogP contribution is 2.11. The molecule has 1 aliphatic heterocycles. The maximum atomic E-state index is 6.04. The second kappa shape index (κ2) is 9.87. The molecule has 118 valence electrons. The minimum absolute atomic E-state index is 0. The van der Waals surface area contributed by atoms with Crippen LogP contribution in [-0.4, -0.2) is 37.1 Å². The average Bonchev–Trinajstić information content (AvgIpc) is 2.74. The first-order chi connectivity index (χ1) is 9.75. The monoisotopic (exact) mass is 403 g/mol. The van der Waals surface area contributed by atoms with Crippen LogP contribution < -0.4 is 10.5 Å². The van der Waals surface area contributed by atoms with Gasteiger partial charge >= 0.3 is 0 Å². The topological polar surface area (TPSA) is 50.9 Å². The van der Waals surface area contributed by atoms with E-state index < -0.39 is 0 Å². The van der Waals surface area contributed by atoms with Crippen molar-refractivity contribution in [2.75, 3.05) is 26.2 Å². The Morgan fingerprint density at radius 1 is 1.14 bits per heavy atom. The average molecular weight is 403 g/mol. The zero-order valence-electron chi connectivity index (χ0n) is 12.8. The fourth-order valence-corrected chi connectivity index (χ4v) is 2.36. The van der Waals surface area contributed by atoms with E-state index in [9.17, 15) is 0 Å². The van der Waals surface area contributed by atoms with E-state index in [0.29, 0.717) is 19.1 Å². The third-order valence-corrected chi connectivity index (χ3v) is 3.58. The molecule has 0 spiro atoms. The zero-order chi connectivity index (χ0) is 14.2. The molecule has 4 nitrogen and oxygen atoms in total. The molecule has 0 atom stereocenters. The number of nitrogens with two attached hydrogens (primary N) is 1. The summed E-state index contributed by atoms with van der Waals surface area (Å²) in [6.07, 6.45) is 5.05. The minimum Gasteiger partial charge on any atom is -0.492 e. The molecule has 0 amide bonds. The van der Waals surface area contributed by atoms with Gasteiger partial charge in [0, 0.05) is 13.1 Å². The zero-order valence-corrected chi connectivity index (χ0v) is 15.1. The fourth-order valence-electron chi connectivity index (χ4n) is 2.36. The van der Waals surface area contributed by atoms with Gasteiger partial charge in [-0.1, -0.05) is 30.5 Å². The first-order valence-corrected chi connectivity index (χ1v) is 7.50. The van der Waals surface area contributed by atoms with Crippen molar-refractivity contribution in [3.63, 3.8) is 0 Å². The molecule has 0 bridgehead atoms. The summed E-state index contributed by atoms with van der Waals surface area (Å²) in [5.74, 6) is 1.55. The van der Waals surface area contributed by atoms with Crippen LogP contribution in [0.25, 0.3) is 0 Å². The Morgan fingerprint density at radius 3 is 2.38 bits per heavy atom. The van der Waals surface area contributed by atoms with Crippen LogP contribution in [0.15, 0.2) is 29.3 Å². The van der Waals surface area contributed by atoms with Crippen molar-refractivity contribution in [1.82, 2.24) is 4.90 Å². The quantitative estimate of drug-likeness (QED) is 0.364. The van der Waals surface area contributed by atoms with Gasteiger partial charge in [0.2, 0.25) is 0 Å². The van der Waals surface area contributed by atoms with Gasteiger partial charge in [0.05, 0.1) is 6.54 Å². The van der Waals surface area contributed by atoms with Crippen molar-refractivity contribution in [2.45, 2.75) is 32.6 Å². The third-order valence-electron chi connectivity index (χ3n) is 3.58. The van der Waals surface area contributed by atoms with Crippen LogP contribution in [0.4, 0.5) is 0 Å². The van der Waals surface area contributed by atoms with Gasteiger partial charge in [0.15, 0.2) is 5.96 Å². The molecule has 5 heteroatoms. The van der Waals surface area contributed by atoms with E-state index >= 15 is 0 Å². The second-order valence-electron chi connectivity index (χ2n) is 5.30. The SMILES string of the molecule is Cc1ccc(OCCN=C(N)N2CCCCCC2)cc1.I. The Balaban J connectivity index is 0.00000220. The Labute approximate surface area is 144 Å². The molecule has 1 aliphatic rings. The molecule has 0 radical (unpaired) electrons. The highest BCUT2D eigenvalue weighted by molar-refractivity contribution is 14.0. The molecule has 1 saturated heterocycles. The maximum absolute atomic E-state index is 6.04. The number of ether oxygens (including phenoxy) is 1. The van der Waals surface area contributed by atoms with Gasteiger partial charge in [-0.3, -0.25) is 0 Å². The van der Waals surface area contributed by atoms with Crippen molar-refractivity contribution in [2.24, 2.45) is 10.7 Å². The van der Waals surface area contributed by atoms with Crippen molar-refractivity contribution in [1.29, 1.82) is 0 Å². The summed E-state index contributed by atoms with van der Waals surface area (Å²) in [5, 5.41) is 0. The number of aliphatic imine (C=N–C) groups is 1. The van der Waals surface area contributed by atoms with Gasteiger partial charge in [0.1, 0.15) is 12.4 Å². The molecule has 0 aromatic heterocycles. The lowest BCUT2D eigenvalue weighted by molar-refractivity contribution is 0.327. The van der Waals surface area contributed by atoms with Gasteiger partial charge in [-0.25, -0.2) is 4.99 Å². The number of guanidine groups is 1. The first-order valence-electron chi connectivity index (χ1n) is 7.50. The van der Waals surface area contributed by atoms with Crippen LogP contribution in [0.3, 0.4) is 0 Å². The van der Waals surface area contributed by atoms with E-state index in [1.54, 1.807) is 0 Å². The number of hydrogen-bond donors (Lipinski definition) is 1. The number of halogens is 1. The number of likely N-dealkylation sites (tertiary alicyclic amines) is 1. The highest BCUT2D eigenvalue weighted by Gasteiger charge is 2.10. The van der Waals surface area contributed by atoms with Crippen LogP contribution in [0.2, 0.25) is 0 Å². The molecule has 2 rings (SSSR count). The molecule has 21 heavy (non-hydrogen) atoms. The molecule has 0 unspecified atom stereocenters. The Morgan fingerprint density at radius 2 is 1.76 bits per heavy atom. The van der Waals surface area contributed by atoms with E-state index in [4.69, 9.17) is 10.5 Å². The fraction of sp³-hybridized carbons (Fsp3) is 0.562. The molecule has 0 saturated carbocycles. The Hall–Kier alpha value is -0.980. The van der Waals surface area contributed by atoms with Crippen molar-refractivity contribution >= 4 is 29.9 Å². The van der Waals surface area contributed by atoms with Crippen molar-refractivity contribution < 1.29 is 4.74 Å². The van der Waals surface area contributed by atoms with Gasteiger partial charge in [-0.2, -0.15) is 0 Å². The van der Waals surface area contributed by atoms with Crippen molar-refractivity contribution in [3.8, 4) is 5.75 Å². The van der Waals surface area contributed by atoms with E-state index in [1.165, 1.54) is 31.2 Å². The summed E-state index contributed by atoms with van der Waals surface area (Å²) in [7, 11) is 0. The Kier molecular flexibility index (Phi) is 8.49. The molecule has 1 heterocycles. The van der Waals surface area contributed by atoms with Crippen LogP contribution in [0.5, 0.6) is 5.75 Å². The lowest BCUT2D eigenvalue weighted by Crippen LogP contribution is -2.38. The summed E-state index contributed by atoms with van der Waals surface area (Å²) in [6.45, 7) is 5.31. The number of aryl methyl sites for hydroxylation is 1. The van der Waals surface area contributed by atoms with E-state index in [-0.39, 0.29) is 24.0 Å². The van der Waals surface area contributed by atoms with Crippen LogP contribution >= 0.6 is 24.0 Å². The smallest absolute Gasteiger partial charge is 0.191 e. The molecule has 1 aromatic rings. The van der Waals surface area contributed by atoms with Gasteiger partial charge in [0.25, 0.3) is 0 Å². The molecule has 2 N–H and O–H groups in total. The minimum atomic E-state index is 0. The summed E-state index contributed by atoms with van der Waals surface area (Å²) >= 11 is 0. The van der Waals surface area contributed by atoms with Crippen molar-refractivity contribution in [3.05, 3.63) is 29.8 Å².